The number of benzene rings is 11. The van der Waals surface area contributed by atoms with Crippen molar-refractivity contribution in [2.24, 2.45) is 0 Å². The maximum absolute atomic E-state index is 6.55. The summed E-state index contributed by atoms with van der Waals surface area (Å²) >= 11 is 1.87. The molecule has 0 bridgehead atoms. The Balaban J connectivity index is 0.886. The summed E-state index contributed by atoms with van der Waals surface area (Å²) in [6.07, 6.45) is 0. The second-order valence-electron chi connectivity index (χ2n) is 20.3. The van der Waals surface area contributed by atoms with Crippen LogP contribution in [0.4, 0.5) is 17.1 Å². The van der Waals surface area contributed by atoms with Gasteiger partial charge < -0.3 is 9.32 Å². The van der Waals surface area contributed by atoms with Crippen molar-refractivity contribution in [2.75, 3.05) is 4.90 Å². The Morgan fingerprint density at radius 1 is 0.342 bits per heavy atom. The van der Waals surface area contributed by atoms with Crippen LogP contribution >= 0.6 is 11.3 Å². The number of nitrogens with zero attached hydrogens (tertiary/aromatic N) is 1. The number of fused-ring (bicyclic) bond motifs is 12. The second kappa shape index (κ2) is 15.9. The van der Waals surface area contributed by atoms with Crippen LogP contribution in [0.15, 0.2) is 253 Å². The minimum Gasteiger partial charge on any atom is -0.455 e. The Kier molecular flexibility index (Phi) is 9.12. The smallest absolute Gasteiger partial charge is 0.143 e. The van der Waals surface area contributed by atoms with E-state index in [2.05, 4.69) is 261 Å². The molecule has 2 aliphatic rings. The fourth-order valence-corrected chi connectivity index (χ4v) is 13.8. The topological polar surface area (TPSA) is 16.4 Å². The molecule has 2 aromatic heterocycles. The summed E-state index contributed by atoms with van der Waals surface area (Å²) in [5, 5.41) is 4.92. The molecule has 15 rings (SSSR count). The third kappa shape index (κ3) is 6.16. The lowest BCUT2D eigenvalue weighted by atomic mass is 9.68. The molecule has 0 N–H and O–H groups in total. The van der Waals surface area contributed by atoms with Gasteiger partial charge in [-0.1, -0.05) is 196 Å². The van der Waals surface area contributed by atoms with Gasteiger partial charge in [-0.2, -0.15) is 0 Å². The molecule has 0 spiro atoms. The van der Waals surface area contributed by atoms with Gasteiger partial charge in [-0.25, -0.2) is 0 Å². The average molecular weight is 950 g/mol. The van der Waals surface area contributed by atoms with E-state index >= 15 is 0 Å². The van der Waals surface area contributed by atoms with E-state index in [1.807, 2.05) is 17.4 Å². The van der Waals surface area contributed by atoms with Crippen molar-refractivity contribution in [1.29, 1.82) is 0 Å². The van der Waals surface area contributed by atoms with Gasteiger partial charge in [-0.3, -0.25) is 0 Å². The van der Waals surface area contributed by atoms with E-state index in [-0.39, 0.29) is 5.41 Å². The molecule has 0 atom stereocenters. The van der Waals surface area contributed by atoms with E-state index in [1.165, 1.54) is 86.9 Å². The molecule has 0 fully saturated rings. The molecule has 0 radical (unpaired) electrons. The Hall–Kier alpha value is -8.76. The van der Waals surface area contributed by atoms with Crippen molar-refractivity contribution in [3.8, 4) is 44.5 Å². The predicted molar refractivity (Wildman–Crippen MR) is 307 cm³/mol. The molecule has 2 nitrogen and oxygen atoms in total. The minimum atomic E-state index is -0.484. The Morgan fingerprint density at radius 2 is 0.890 bits per heavy atom. The first-order valence-electron chi connectivity index (χ1n) is 25.3. The van der Waals surface area contributed by atoms with Gasteiger partial charge in [0.15, 0.2) is 0 Å². The molecule has 13 aromatic rings. The van der Waals surface area contributed by atoms with Gasteiger partial charge in [0.25, 0.3) is 0 Å². The fourth-order valence-electron chi connectivity index (χ4n) is 12.7. The van der Waals surface area contributed by atoms with Gasteiger partial charge in [0.05, 0.1) is 5.41 Å². The lowest BCUT2D eigenvalue weighted by Crippen LogP contribution is -2.28. The molecular weight excluding hydrogens is 903 g/mol. The van der Waals surface area contributed by atoms with Crippen molar-refractivity contribution in [1.82, 2.24) is 0 Å². The van der Waals surface area contributed by atoms with Crippen molar-refractivity contribution < 1.29 is 4.42 Å². The molecule has 0 amide bonds. The molecule has 11 aromatic carbocycles. The van der Waals surface area contributed by atoms with E-state index in [4.69, 9.17) is 4.42 Å². The highest BCUT2D eigenvalue weighted by Gasteiger charge is 2.46. The molecule has 2 aliphatic carbocycles. The van der Waals surface area contributed by atoms with Crippen molar-refractivity contribution in [3.05, 3.63) is 282 Å². The standard InChI is InChI=1S/C70H47NOS/c1-69(2)63-41-46(45-31-39-67-60(40-45)57-22-11-14-27-66(57)73-67)30-36-54(63)55-37-34-51(43-64(55)69)71(49-32-28-44(29-33-49)52-23-15-24-58-56-21-10-13-26-65(56)72-68(52)58)50-35-38-62-59(42-50)53-20-9-12-25-61(53)70(62,47-16-5-3-6-17-47)48-18-7-4-8-19-48/h3-43H,1-2H3. The fraction of sp³-hybridized carbons (Fsp3) is 0.0571. The van der Waals surface area contributed by atoms with E-state index in [0.29, 0.717) is 0 Å². The van der Waals surface area contributed by atoms with Crippen LogP contribution < -0.4 is 4.90 Å². The summed E-state index contributed by atoms with van der Waals surface area (Å²) in [5.74, 6) is 0. The zero-order chi connectivity index (χ0) is 48.4. The average Bonchev–Trinajstić information content (AvgIpc) is 4.17. The van der Waals surface area contributed by atoms with Crippen molar-refractivity contribution in [3.63, 3.8) is 0 Å². The number of rotatable bonds is 7. The first-order valence-corrected chi connectivity index (χ1v) is 26.1. The lowest BCUT2D eigenvalue weighted by Gasteiger charge is -2.34. The quantitative estimate of drug-likeness (QED) is 0.158. The number of furan rings is 1. The van der Waals surface area contributed by atoms with Gasteiger partial charge in [0.2, 0.25) is 0 Å². The monoisotopic (exact) mass is 949 g/mol. The highest BCUT2D eigenvalue weighted by molar-refractivity contribution is 7.25. The maximum atomic E-state index is 6.55. The molecule has 0 aliphatic heterocycles. The Bertz CT molecular complexity index is 4310. The van der Waals surface area contributed by atoms with Crippen LogP contribution in [-0.2, 0) is 10.8 Å². The number of thiophene rings is 1. The van der Waals surface area contributed by atoms with Crippen LogP contribution in [0.25, 0.3) is 86.6 Å². The summed E-state index contributed by atoms with van der Waals surface area (Å²) in [4.78, 5) is 2.46. The van der Waals surface area contributed by atoms with Crippen LogP contribution in [0.1, 0.15) is 47.2 Å². The normalized spacial score (nSPS) is 13.8. The molecule has 73 heavy (non-hydrogen) atoms. The van der Waals surface area contributed by atoms with E-state index in [0.717, 1.165) is 50.1 Å². The molecule has 344 valence electrons. The summed E-state index contributed by atoms with van der Waals surface area (Å²) in [5.41, 5.74) is 22.0. The number of para-hydroxylation sites is 2. The Labute approximate surface area is 428 Å². The van der Waals surface area contributed by atoms with Crippen molar-refractivity contribution >= 4 is 70.5 Å². The molecule has 3 heteroatoms. The molecule has 2 heterocycles. The second-order valence-corrected chi connectivity index (χ2v) is 21.4. The maximum Gasteiger partial charge on any atom is 0.143 e. The van der Waals surface area contributed by atoms with E-state index < -0.39 is 5.41 Å². The summed E-state index contributed by atoms with van der Waals surface area (Å²) in [6.45, 7) is 4.80. The molecular formula is C70H47NOS. The zero-order valence-corrected chi connectivity index (χ0v) is 41.3. The summed E-state index contributed by atoms with van der Waals surface area (Å²) in [6, 6.07) is 92.3. The third-order valence-corrected chi connectivity index (χ3v) is 17.3. The van der Waals surface area contributed by atoms with Crippen LogP contribution in [0.2, 0.25) is 0 Å². The predicted octanol–water partition coefficient (Wildman–Crippen LogP) is 19.4. The number of anilines is 3. The zero-order valence-electron chi connectivity index (χ0n) is 40.4. The SMILES string of the molecule is CC1(C)c2cc(-c3ccc4sc5ccccc5c4c3)ccc2-c2ccc(N(c3ccc(-c4cccc5c4oc4ccccc45)cc3)c3ccc4c(c3)-c3ccccc3C4(c3ccccc3)c3ccccc3)cc21. The highest BCUT2D eigenvalue weighted by atomic mass is 32.1. The molecule has 0 saturated carbocycles. The first-order chi connectivity index (χ1) is 35.9. The number of hydrogen-bond donors (Lipinski definition) is 0. The van der Waals surface area contributed by atoms with Crippen LogP contribution in [0.5, 0.6) is 0 Å². The lowest BCUT2D eigenvalue weighted by molar-refractivity contribution is 0.660. The first kappa shape index (κ1) is 42.0. The highest BCUT2D eigenvalue weighted by Crippen LogP contribution is 2.58. The van der Waals surface area contributed by atoms with E-state index in [9.17, 15) is 0 Å². The molecule has 0 unspecified atom stereocenters. The van der Waals surface area contributed by atoms with Gasteiger partial charge in [-0.05, 0) is 139 Å². The van der Waals surface area contributed by atoms with Gasteiger partial charge in [-0.15, -0.1) is 11.3 Å². The van der Waals surface area contributed by atoms with Gasteiger partial charge in [0.1, 0.15) is 11.2 Å². The van der Waals surface area contributed by atoms with Crippen LogP contribution in [0.3, 0.4) is 0 Å². The van der Waals surface area contributed by atoms with Gasteiger partial charge in [0, 0.05) is 59.0 Å². The molecule has 0 saturated heterocycles. The third-order valence-electron chi connectivity index (χ3n) is 16.2. The Morgan fingerprint density at radius 3 is 1.70 bits per heavy atom. The summed E-state index contributed by atoms with van der Waals surface area (Å²) < 4.78 is 9.21. The van der Waals surface area contributed by atoms with Crippen LogP contribution in [0, 0.1) is 0 Å². The largest absolute Gasteiger partial charge is 0.455 e. The van der Waals surface area contributed by atoms with Crippen LogP contribution in [-0.4, -0.2) is 0 Å². The number of hydrogen-bond acceptors (Lipinski definition) is 3. The summed E-state index contributed by atoms with van der Waals surface area (Å²) in [7, 11) is 0. The van der Waals surface area contributed by atoms with Crippen molar-refractivity contribution in [2.45, 2.75) is 24.7 Å². The minimum absolute atomic E-state index is 0.251. The van der Waals surface area contributed by atoms with E-state index in [1.54, 1.807) is 0 Å². The van der Waals surface area contributed by atoms with Gasteiger partial charge >= 0.3 is 0 Å².